The molecule has 0 fully saturated rings. The summed E-state index contributed by atoms with van der Waals surface area (Å²) in [6.45, 7) is 0.469. The lowest BCUT2D eigenvalue weighted by Gasteiger charge is -2.14. The number of aromatic nitrogens is 4. The Labute approximate surface area is 165 Å². The first-order valence-electron chi connectivity index (χ1n) is 8.42. The number of hydrogen-bond donors (Lipinski definition) is 1. The van der Waals surface area contributed by atoms with E-state index in [1.54, 1.807) is 31.8 Å². The third kappa shape index (κ3) is 3.52. The van der Waals surface area contributed by atoms with E-state index in [9.17, 15) is 0 Å². The Morgan fingerprint density at radius 3 is 2.86 bits per heavy atom. The van der Waals surface area contributed by atoms with E-state index in [0.29, 0.717) is 41.1 Å². The number of rotatable bonds is 7. The zero-order chi connectivity index (χ0) is 19.3. The highest BCUT2D eigenvalue weighted by atomic mass is 32.1. The Bertz CT molecular complexity index is 1070. The molecule has 8 nitrogen and oxygen atoms in total. The number of benzene rings is 1. The van der Waals surface area contributed by atoms with Gasteiger partial charge in [-0.2, -0.15) is 4.98 Å². The second-order valence-corrected chi connectivity index (χ2v) is 6.64. The van der Waals surface area contributed by atoms with Gasteiger partial charge in [0.1, 0.15) is 17.7 Å². The first-order valence-corrected chi connectivity index (χ1v) is 9.30. The monoisotopic (exact) mass is 395 g/mol. The van der Waals surface area contributed by atoms with Gasteiger partial charge >= 0.3 is 0 Å². The Hall–Kier alpha value is -3.46. The van der Waals surface area contributed by atoms with Crippen LogP contribution in [0.1, 0.15) is 5.56 Å². The standard InChI is InChI=1S/C19H17N5O3S/c1-25-14-6-3-5-12(16(14)26-2)9-21-17-13(10-20-11-22-17)19-23-18(24-27-19)15-7-4-8-28-15/h3-8,10-11H,9H2,1-2H3,(H,20,21,22). The lowest BCUT2D eigenvalue weighted by molar-refractivity contribution is 0.352. The number of nitrogens with one attached hydrogen (secondary N) is 1. The van der Waals surface area contributed by atoms with Crippen molar-refractivity contribution in [2.75, 3.05) is 19.5 Å². The Balaban J connectivity index is 1.60. The molecule has 0 saturated heterocycles. The minimum Gasteiger partial charge on any atom is -0.493 e. The maximum atomic E-state index is 5.48. The molecule has 28 heavy (non-hydrogen) atoms. The van der Waals surface area contributed by atoms with E-state index in [4.69, 9.17) is 14.0 Å². The second kappa shape index (κ2) is 8.05. The highest BCUT2D eigenvalue weighted by Crippen LogP contribution is 2.32. The van der Waals surface area contributed by atoms with Crippen LogP contribution in [0.15, 0.2) is 52.8 Å². The van der Waals surface area contributed by atoms with Crippen LogP contribution in [0.2, 0.25) is 0 Å². The molecule has 1 aromatic carbocycles. The summed E-state index contributed by atoms with van der Waals surface area (Å²) in [6.07, 6.45) is 3.11. The van der Waals surface area contributed by atoms with Crippen molar-refractivity contribution < 1.29 is 14.0 Å². The Morgan fingerprint density at radius 1 is 1.14 bits per heavy atom. The topological polar surface area (TPSA) is 95.2 Å². The minimum absolute atomic E-state index is 0.351. The van der Waals surface area contributed by atoms with Crippen molar-refractivity contribution >= 4 is 17.2 Å². The van der Waals surface area contributed by atoms with Crippen LogP contribution in [-0.4, -0.2) is 34.3 Å². The van der Waals surface area contributed by atoms with Crippen LogP contribution in [-0.2, 0) is 6.54 Å². The molecular formula is C19H17N5O3S. The zero-order valence-corrected chi connectivity index (χ0v) is 16.1. The van der Waals surface area contributed by atoms with Gasteiger partial charge in [-0.25, -0.2) is 9.97 Å². The van der Waals surface area contributed by atoms with Gasteiger partial charge in [-0.3, -0.25) is 0 Å². The zero-order valence-electron chi connectivity index (χ0n) is 15.2. The number of thiophene rings is 1. The molecule has 0 radical (unpaired) electrons. The van der Waals surface area contributed by atoms with E-state index in [1.807, 2.05) is 35.7 Å². The molecule has 4 aromatic rings. The molecule has 1 N–H and O–H groups in total. The van der Waals surface area contributed by atoms with Gasteiger partial charge in [0.2, 0.25) is 5.82 Å². The number of nitrogens with zero attached hydrogens (tertiary/aromatic N) is 4. The van der Waals surface area contributed by atoms with Crippen LogP contribution < -0.4 is 14.8 Å². The van der Waals surface area contributed by atoms with E-state index in [-0.39, 0.29) is 0 Å². The van der Waals surface area contributed by atoms with E-state index in [1.165, 1.54) is 6.33 Å². The molecule has 0 unspecified atom stereocenters. The van der Waals surface area contributed by atoms with E-state index >= 15 is 0 Å². The van der Waals surface area contributed by atoms with Gasteiger partial charge in [0.25, 0.3) is 5.89 Å². The summed E-state index contributed by atoms with van der Waals surface area (Å²) >= 11 is 1.55. The largest absolute Gasteiger partial charge is 0.493 e. The highest BCUT2D eigenvalue weighted by Gasteiger charge is 2.17. The predicted octanol–water partition coefficient (Wildman–Crippen LogP) is 3.88. The van der Waals surface area contributed by atoms with Crippen LogP contribution in [0.4, 0.5) is 5.82 Å². The minimum atomic E-state index is 0.351. The van der Waals surface area contributed by atoms with Crippen LogP contribution >= 0.6 is 11.3 Å². The van der Waals surface area contributed by atoms with Crippen molar-refractivity contribution in [3.63, 3.8) is 0 Å². The third-order valence-electron chi connectivity index (χ3n) is 4.04. The van der Waals surface area contributed by atoms with Gasteiger partial charge in [-0.05, 0) is 17.5 Å². The summed E-state index contributed by atoms with van der Waals surface area (Å²) in [5, 5.41) is 9.30. The summed E-state index contributed by atoms with van der Waals surface area (Å²) in [6, 6.07) is 9.59. The molecule has 4 rings (SSSR count). The molecule has 142 valence electrons. The van der Waals surface area contributed by atoms with Crippen molar-refractivity contribution in [2.45, 2.75) is 6.54 Å². The quantitative estimate of drug-likeness (QED) is 0.504. The highest BCUT2D eigenvalue weighted by molar-refractivity contribution is 7.13. The van der Waals surface area contributed by atoms with E-state index < -0.39 is 0 Å². The number of ether oxygens (including phenoxy) is 2. The smallest absolute Gasteiger partial charge is 0.263 e. The number of para-hydroxylation sites is 1. The molecular weight excluding hydrogens is 378 g/mol. The van der Waals surface area contributed by atoms with E-state index in [0.717, 1.165) is 10.4 Å². The molecule has 0 saturated carbocycles. The molecule has 0 aliphatic rings. The molecule has 0 bridgehead atoms. The van der Waals surface area contributed by atoms with Crippen LogP contribution in [0.25, 0.3) is 22.2 Å². The third-order valence-corrected chi connectivity index (χ3v) is 4.91. The molecule has 0 atom stereocenters. The first kappa shape index (κ1) is 17.9. The van der Waals surface area contributed by atoms with Gasteiger partial charge < -0.3 is 19.3 Å². The van der Waals surface area contributed by atoms with Crippen molar-refractivity contribution in [3.05, 3.63) is 53.8 Å². The fraction of sp³-hybridized carbons (Fsp3) is 0.158. The normalized spacial score (nSPS) is 10.6. The maximum Gasteiger partial charge on any atom is 0.263 e. The number of anilines is 1. The van der Waals surface area contributed by atoms with E-state index in [2.05, 4.69) is 25.4 Å². The molecule has 0 aliphatic carbocycles. The Morgan fingerprint density at radius 2 is 2.07 bits per heavy atom. The van der Waals surface area contributed by atoms with Crippen molar-refractivity contribution in [1.29, 1.82) is 0 Å². The molecule has 0 amide bonds. The average molecular weight is 395 g/mol. The molecule has 0 aliphatic heterocycles. The summed E-state index contributed by atoms with van der Waals surface area (Å²) in [5.41, 5.74) is 1.55. The van der Waals surface area contributed by atoms with Crippen molar-refractivity contribution in [3.8, 4) is 33.7 Å². The fourth-order valence-corrected chi connectivity index (χ4v) is 3.39. The maximum absolute atomic E-state index is 5.48. The number of methoxy groups -OCH3 is 2. The lowest BCUT2D eigenvalue weighted by Crippen LogP contribution is -2.05. The van der Waals surface area contributed by atoms with Crippen molar-refractivity contribution in [2.24, 2.45) is 0 Å². The fourth-order valence-electron chi connectivity index (χ4n) is 2.74. The summed E-state index contributed by atoms with van der Waals surface area (Å²) in [7, 11) is 3.22. The first-order chi connectivity index (χ1) is 13.8. The van der Waals surface area contributed by atoms with Crippen LogP contribution in [0.3, 0.4) is 0 Å². The predicted molar refractivity (Wildman–Crippen MR) is 106 cm³/mol. The van der Waals surface area contributed by atoms with Crippen molar-refractivity contribution in [1.82, 2.24) is 20.1 Å². The number of hydrogen-bond acceptors (Lipinski definition) is 9. The Kier molecular flexibility index (Phi) is 5.16. The molecule has 0 spiro atoms. The van der Waals surface area contributed by atoms with Gasteiger partial charge in [0, 0.05) is 18.3 Å². The average Bonchev–Trinajstić information content (AvgIpc) is 3.43. The SMILES string of the molecule is COc1cccc(CNc2ncncc2-c2nc(-c3cccs3)no2)c1OC. The van der Waals surface area contributed by atoms with Crippen LogP contribution in [0, 0.1) is 0 Å². The molecule has 3 aromatic heterocycles. The second-order valence-electron chi connectivity index (χ2n) is 5.69. The summed E-state index contributed by atoms with van der Waals surface area (Å²) in [5.74, 6) is 2.81. The molecule has 3 heterocycles. The van der Waals surface area contributed by atoms with Gasteiger partial charge in [-0.1, -0.05) is 23.4 Å². The van der Waals surface area contributed by atoms with Crippen LogP contribution in [0.5, 0.6) is 11.5 Å². The van der Waals surface area contributed by atoms with Gasteiger partial charge in [-0.15, -0.1) is 11.3 Å². The summed E-state index contributed by atoms with van der Waals surface area (Å²) in [4.78, 5) is 13.8. The van der Waals surface area contributed by atoms with Gasteiger partial charge in [0.15, 0.2) is 11.5 Å². The molecule has 9 heteroatoms. The summed E-state index contributed by atoms with van der Waals surface area (Å²) < 4.78 is 16.3. The van der Waals surface area contributed by atoms with Gasteiger partial charge in [0.05, 0.1) is 19.1 Å². The lowest BCUT2D eigenvalue weighted by atomic mass is 10.1.